The molecule has 0 aliphatic carbocycles. The molecule has 9 heteroatoms. The zero-order valence-corrected chi connectivity index (χ0v) is 16.7. The van der Waals surface area contributed by atoms with E-state index in [9.17, 15) is 9.59 Å². The average Bonchev–Trinajstić information content (AvgIpc) is 3.43. The monoisotopic (exact) mass is 419 g/mol. The number of benzene rings is 2. The normalized spacial score (nSPS) is 17.9. The lowest BCUT2D eigenvalue weighted by Crippen LogP contribution is -2.50. The predicted octanol–water partition coefficient (Wildman–Crippen LogP) is 1.78. The molecule has 9 nitrogen and oxygen atoms in total. The van der Waals surface area contributed by atoms with E-state index < -0.39 is 0 Å². The summed E-state index contributed by atoms with van der Waals surface area (Å²) in [6.07, 6.45) is 0.337. The maximum absolute atomic E-state index is 12.8. The van der Waals surface area contributed by atoms with E-state index in [2.05, 4.69) is 20.8 Å². The molecular formula is C22H21N5O4. The Morgan fingerprint density at radius 2 is 2.10 bits per heavy atom. The summed E-state index contributed by atoms with van der Waals surface area (Å²) >= 11 is 0. The highest BCUT2D eigenvalue weighted by molar-refractivity contribution is 5.99. The molecule has 5 rings (SSSR count). The Balaban J connectivity index is 1.32. The Labute approximate surface area is 178 Å². The van der Waals surface area contributed by atoms with Gasteiger partial charge in [0.15, 0.2) is 6.61 Å². The van der Waals surface area contributed by atoms with Crippen LogP contribution in [0.25, 0.3) is 11.4 Å². The Morgan fingerprint density at radius 3 is 2.97 bits per heavy atom. The molecule has 158 valence electrons. The first-order valence-corrected chi connectivity index (χ1v) is 10.1. The lowest BCUT2D eigenvalue weighted by atomic mass is 10.1. The number of ether oxygens (including phenoxy) is 1. The molecule has 0 saturated carbocycles. The van der Waals surface area contributed by atoms with Crippen LogP contribution in [0.4, 0.5) is 5.69 Å². The van der Waals surface area contributed by atoms with Crippen LogP contribution in [0.5, 0.6) is 5.75 Å². The van der Waals surface area contributed by atoms with Gasteiger partial charge in [0.05, 0.1) is 6.42 Å². The van der Waals surface area contributed by atoms with Crippen molar-refractivity contribution >= 4 is 17.5 Å². The van der Waals surface area contributed by atoms with E-state index in [0.29, 0.717) is 43.5 Å². The zero-order valence-electron chi connectivity index (χ0n) is 16.7. The maximum Gasteiger partial charge on any atom is 0.261 e. The summed E-state index contributed by atoms with van der Waals surface area (Å²) in [5.41, 5.74) is 2.48. The predicted molar refractivity (Wildman–Crippen MR) is 111 cm³/mol. The molecule has 1 fully saturated rings. The molecule has 1 saturated heterocycles. The zero-order chi connectivity index (χ0) is 21.2. The topological polar surface area (TPSA) is 110 Å². The smallest absolute Gasteiger partial charge is 0.261 e. The number of fused-ring (bicyclic) bond motifs is 1. The molecule has 0 unspecified atom stereocenters. The standard InChI is InChI=1S/C22H21N5O4/c28-19-11-15-10-14(6-7-17(15)24-19)21-25-22(31-26-21)18-12-23-8-9-27(18)20(29)13-30-16-4-2-1-3-5-16/h1-7,10,18,23H,8-9,11-13H2,(H,24,28)/t18-/m1/s1. The number of nitrogens with one attached hydrogen (secondary N) is 2. The van der Waals surface area contributed by atoms with Gasteiger partial charge in [-0.2, -0.15) is 4.98 Å². The molecule has 31 heavy (non-hydrogen) atoms. The minimum atomic E-state index is -0.375. The highest BCUT2D eigenvalue weighted by Crippen LogP contribution is 2.29. The van der Waals surface area contributed by atoms with Crippen molar-refractivity contribution in [2.75, 3.05) is 31.6 Å². The summed E-state index contributed by atoms with van der Waals surface area (Å²) < 4.78 is 11.1. The molecule has 1 aromatic heterocycles. The Hall–Kier alpha value is -3.72. The third-order valence-electron chi connectivity index (χ3n) is 5.38. The number of para-hydroxylation sites is 1. The minimum absolute atomic E-state index is 0.0268. The van der Waals surface area contributed by atoms with Gasteiger partial charge >= 0.3 is 0 Å². The largest absolute Gasteiger partial charge is 0.484 e. The van der Waals surface area contributed by atoms with Crippen molar-refractivity contribution < 1.29 is 18.8 Å². The minimum Gasteiger partial charge on any atom is -0.484 e. The van der Waals surface area contributed by atoms with Gasteiger partial charge in [0, 0.05) is 30.9 Å². The van der Waals surface area contributed by atoms with E-state index >= 15 is 0 Å². The first-order valence-electron chi connectivity index (χ1n) is 10.1. The molecule has 3 heterocycles. The number of nitrogens with zero attached hydrogens (tertiary/aromatic N) is 3. The molecule has 3 aromatic rings. The highest BCUT2D eigenvalue weighted by Gasteiger charge is 2.32. The van der Waals surface area contributed by atoms with Gasteiger partial charge in [-0.15, -0.1) is 0 Å². The van der Waals surface area contributed by atoms with Crippen molar-refractivity contribution in [2.24, 2.45) is 0 Å². The number of hydrogen-bond donors (Lipinski definition) is 2. The van der Waals surface area contributed by atoms with E-state index in [0.717, 1.165) is 16.8 Å². The lowest BCUT2D eigenvalue weighted by molar-refractivity contribution is -0.137. The molecule has 2 N–H and O–H groups in total. The van der Waals surface area contributed by atoms with Crippen LogP contribution in [-0.4, -0.2) is 53.1 Å². The van der Waals surface area contributed by atoms with Crippen LogP contribution >= 0.6 is 0 Å². The molecule has 2 aliphatic rings. The Bertz CT molecular complexity index is 1110. The highest BCUT2D eigenvalue weighted by atomic mass is 16.5. The van der Waals surface area contributed by atoms with E-state index in [1.165, 1.54) is 0 Å². The third-order valence-corrected chi connectivity index (χ3v) is 5.38. The van der Waals surface area contributed by atoms with E-state index in [1.807, 2.05) is 48.5 Å². The number of aromatic nitrogens is 2. The second-order valence-corrected chi connectivity index (χ2v) is 7.46. The lowest BCUT2D eigenvalue weighted by Gasteiger charge is -2.33. The molecular weight excluding hydrogens is 398 g/mol. The molecule has 2 aliphatic heterocycles. The van der Waals surface area contributed by atoms with Crippen LogP contribution < -0.4 is 15.4 Å². The average molecular weight is 419 g/mol. The van der Waals surface area contributed by atoms with E-state index in [-0.39, 0.29) is 24.5 Å². The quantitative estimate of drug-likeness (QED) is 0.649. The van der Waals surface area contributed by atoms with Crippen molar-refractivity contribution in [3.05, 3.63) is 60.0 Å². The van der Waals surface area contributed by atoms with E-state index in [4.69, 9.17) is 9.26 Å². The number of rotatable bonds is 5. The van der Waals surface area contributed by atoms with Crippen molar-refractivity contribution in [3.8, 4) is 17.1 Å². The third kappa shape index (κ3) is 3.99. The van der Waals surface area contributed by atoms with Gasteiger partial charge in [-0.1, -0.05) is 23.4 Å². The van der Waals surface area contributed by atoms with Crippen molar-refractivity contribution in [2.45, 2.75) is 12.5 Å². The van der Waals surface area contributed by atoms with Crippen molar-refractivity contribution in [1.29, 1.82) is 0 Å². The molecule has 0 bridgehead atoms. The maximum atomic E-state index is 12.8. The number of carbonyl (C=O) groups excluding carboxylic acids is 2. The number of amides is 2. The Morgan fingerprint density at radius 1 is 1.23 bits per heavy atom. The summed E-state index contributed by atoms with van der Waals surface area (Å²) in [5, 5.41) is 10.2. The fourth-order valence-electron chi connectivity index (χ4n) is 3.82. The van der Waals surface area contributed by atoms with Gasteiger partial charge in [-0.3, -0.25) is 9.59 Å². The van der Waals surface area contributed by atoms with Crippen LogP contribution in [0.3, 0.4) is 0 Å². The van der Waals surface area contributed by atoms with Gasteiger partial charge < -0.3 is 24.8 Å². The molecule has 0 radical (unpaired) electrons. The fraction of sp³-hybridized carbons (Fsp3) is 0.273. The van der Waals surface area contributed by atoms with E-state index in [1.54, 1.807) is 4.90 Å². The van der Waals surface area contributed by atoms with Crippen LogP contribution in [0.2, 0.25) is 0 Å². The van der Waals surface area contributed by atoms with Crippen LogP contribution in [-0.2, 0) is 16.0 Å². The number of carbonyl (C=O) groups is 2. The second-order valence-electron chi connectivity index (χ2n) is 7.46. The number of piperazine rings is 1. The van der Waals surface area contributed by atoms with Gasteiger partial charge in [0.25, 0.3) is 11.8 Å². The van der Waals surface area contributed by atoms with Crippen LogP contribution in [0.1, 0.15) is 17.5 Å². The van der Waals surface area contributed by atoms with Crippen molar-refractivity contribution in [3.63, 3.8) is 0 Å². The first-order chi connectivity index (χ1) is 15.2. The molecule has 2 amide bonds. The fourth-order valence-corrected chi connectivity index (χ4v) is 3.82. The molecule has 0 spiro atoms. The number of hydrogen-bond acceptors (Lipinski definition) is 7. The second kappa shape index (κ2) is 8.19. The van der Waals surface area contributed by atoms with Gasteiger partial charge in [-0.25, -0.2) is 0 Å². The van der Waals surface area contributed by atoms with Gasteiger partial charge in [-0.05, 0) is 35.9 Å². The van der Waals surface area contributed by atoms with Crippen LogP contribution in [0, 0.1) is 0 Å². The summed E-state index contributed by atoms with van der Waals surface area (Å²) in [7, 11) is 0. The molecule has 1 atom stereocenters. The summed E-state index contributed by atoms with van der Waals surface area (Å²) in [6, 6.07) is 14.4. The van der Waals surface area contributed by atoms with Crippen LogP contribution in [0.15, 0.2) is 53.1 Å². The number of anilines is 1. The van der Waals surface area contributed by atoms with Gasteiger partial charge in [0.1, 0.15) is 11.8 Å². The summed E-state index contributed by atoms with van der Waals surface area (Å²) in [4.78, 5) is 30.7. The first kappa shape index (κ1) is 19.3. The molecule has 2 aromatic carbocycles. The summed E-state index contributed by atoms with van der Waals surface area (Å²) in [6.45, 7) is 1.65. The SMILES string of the molecule is O=C1Cc2cc(-c3noc([C@H]4CNCCN4C(=O)COc4ccccc4)n3)ccc2N1. The Kier molecular flexibility index (Phi) is 5.09. The summed E-state index contributed by atoms with van der Waals surface area (Å²) in [5.74, 6) is 1.27. The van der Waals surface area contributed by atoms with Gasteiger partial charge in [0.2, 0.25) is 11.7 Å². The van der Waals surface area contributed by atoms with Crippen molar-refractivity contribution in [1.82, 2.24) is 20.4 Å².